The minimum atomic E-state index is -1.07. The Morgan fingerprint density at radius 1 is 1.21 bits per heavy atom. The summed E-state index contributed by atoms with van der Waals surface area (Å²) in [7, 11) is 1.59. The van der Waals surface area contributed by atoms with E-state index >= 15 is 0 Å². The summed E-state index contributed by atoms with van der Waals surface area (Å²) in [6.45, 7) is 9.13. The van der Waals surface area contributed by atoms with Crippen LogP contribution in [0.25, 0.3) is 0 Å². The van der Waals surface area contributed by atoms with Gasteiger partial charge in [-0.2, -0.15) is 0 Å². The Balaban J connectivity index is 3.47. The first-order valence-corrected chi connectivity index (χ1v) is 6.77. The number of rotatable bonds is 4. The van der Waals surface area contributed by atoms with E-state index in [0.717, 1.165) is 21.2 Å². The first-order valence-electron chi connectivity index (χ1n) is 5.98. The highest BCUT2D eigenvalue weighted by molar-refractivity contribution is 9.10. The van der Waals surface area contributed by atoms with Crippen molar-refractivity contribution in [3.63, 3.8) is 0 Å². The van der Waals surface area contributed by atoms with Gasteiger partial charge in [0.05, 0.1) is 12.8 Å². The third kappa shape index (κ3) is 2.86. The van der Waals surface area contributed by atoms with E-state index in [1.165, 1.54) is 0 Å². The van der Waals surface area contributed by atoms with Gasteiger partial charge in [-0.05, 0) is 51.3 Å². The number of nitrogens with one attached hydrogen (secondary N) is 1. The lowest BCUT2D eigenvalue weighted by Gasteiger charge is -2.27. The summed E-state index contributed by atoms with van der Waals surface area (Å²) in [6.07, 6.45) is 0. The fourth-order valence-electron chi connectivity index (χ4n) is 1.86. The number of anilines is 1. The largest absolute Gasteiger partial charge is 0.494 e. The number of carboxylic acids is 1. The minimum absolute atomic E-state index is 0.688. The molecule has 0 spiro atoms. The molecule has 4 nitrogen and oxygen atoms in total. The van der Waals surface area contributed by atoms with Gasteiger partial charge in [-0.15, -0.1) is 0 Å². The van der Waals surface area contributed by atoms with Crippen molar-refractivity contribution in [2.75, 3.05) is 12.4 Å². The number of hydrogen-bond donors (Lipinski definition) is 2. The van der Waals surface area contributed by atoms with Gasteiger partial charge in [-0.3, -0.25) is 0 Å². The van der Waals surface area contributed by atoms with Crippen LogP contribution in [0, 0.1) is 20.8 Å². The molecule has 19 heavy (non-hydrogen) atoms. The lowest BCUT2D eigenvalue weighted by molar-refractivity contribution is -0.141. The third-order valence-corrected chi connectivity index (χ3v) is 4.53. The van der Waals surface area contributed by atoms with Gasteiger partial charge in [-0.1, -0.05) is 15.9 Å². The molecule has 0 radical (unpaired) electrons. The first kappa shape index (κ1) is 15.8. The zero-order chi connectivity index (χ0) is 15.0. The van der Waals surface area contributed by atoms with Crippen molar-refractivity contribution < 1.29 is 14.6 Å². The first-order chi connectivity index (χ1) is 8.63. The summed E-state index contributed by atoms with van der Waals surface area (Å²) in [6, 6.07) is 0. The molecule has 0 aliphatic rings. The number of methoxy groups -OCH3 is 1. The number of aliphatic carboxylic acids is 1. The molecule has 0 aromatic heterocycles. The Morgan fingerprint density at radius 3 is 2.16 bits per heavy atom. The van der Waals surface area contributed by atoms with E-state index < -0.39 is 11.5 Å². The molecule has 1 rings (SSSR count). The van der Waals surface area contributed by atoms with E-state index in [2.05, 4.69) is 21.2 Å². The summed E-state index contributed by atoms with van der Waals surface area (Å²) in [5, 5.41) is 12.3. The molecule has 0 aliphatic heterocycles. The van der Waals surface area contributed by atoms with Crippen molar-refractivity contribution in [2.45, 2.75) is 40.2 Å². The number of ether oxygens (including phenoxy) is 1. The molecule has 1 aromatic rings. The van der Waals surface area contributed by atoms with E-state index in [4.69, 9.17) is 4.74 Å². The number of benzene rings is 1. The van der Waals surface area contributed by atoms with E-state index in [1.807, 2.05) is 20.8 Å². The Kier molecular flexibility index (Phi) is 4.50. The Morgan fingerprint density at radius 2 is 1.74 bits per heavy atom. The lowest BCUT2D eigenvalue weighted by atomic mass is 9.99. The van der Waals surface area contributed by atoms with Gasteiger partial charge in [-0.25, -0.2) is 4.79 Å². The van der Waals surface area contributed by atoms with Crippen LogP contribution in [0.5, 0.6) is 5.75 Å². The Bertz CT molecular complexity index is 524. The average Bonchev–Trinajstić information content (AvgIpc) is 2.33. The van der Waals surface area contributed by atoms with Gasteiger partial charge in [0.1, 0.15) is 11.3 Å². The van der Waals surface area contributed by atoms with Crippen molar-refractivity contribution in [3.8, 4) is 5.75 Å². The summed E-state index contributed by atoms with van der Waals surface area (Å²) in [5.41, 5.74) is 2.66. The van der Waals surface area contributed by atoms with Crippen LogP contribution in [-0.2, 0) is 4.79 Å². The molecule has 0 aliphatic carbocycles. The predicted molar refractivity (Wildman–Crippen MR) is 80.2 cm³/mol. The van der Waals surface area contributed by atoms with Crippen molar-refractivity contribution in [2.24, 2.45) is 0 Å². The molecule has 0 unspecified atom stereocenters. The minimum Gasteiger partial charge on any atom is -0.494 e. The SMILES string of the molecule is COc1c(C)c(C)c(Br)c(C)c1NC(C)(C)C(=O)O. The third-order valence-electron chi connectivity index (χ3n) is 3.34. The van der Waals surface area contributed by atoms with E-state index in [0.29, 0.717) is 11.4 Å². The predicted octanol–water partition coefficient (Wildman–Crippen LogP) is 3.66. The number of hydrogen-bond acceptors (Lipinski definition) is 3. The molecule has 106 valence electrons. The van der Waals surface area contributed by atoms with Gasteiger partial charge in [0.25, 0.3) is 0 Å². The fraction of sp³-hybridized carbons (Fsp3) is 0.500. The van der Waals surface area contributed by atoms with Crippen LogP contribution < -0.4 is 10.1 Å². The molecule has 0 fully saturated rings. The quantitative estimate of drug-likeness (QED) is 0.885. The maximum Gasteiger partial charge on any atom is 0.328 e. The number of carbonyl (C=O) groups is 1. The topological polar surface area (TPSA) is 58.6 Å². The van der Waals surface area contributed by atoms with Crippen LogP contribution in [0.1, 0.15) is 30.5 Å². The second-order valence-electron chi connectivity index (χ2n) is 5.15. The smallest absolute Gasteiger partial charge is 0.328 e. The van der Waals surface area contributed by atoms with Crippen LogP contribution in [0.3, 0.4) is 0 Å². The van der Waals surface area contributed by atoms with Gasteiger partial charge in [0.15, 0.2) is 0 Å². The molecular formula is C14H20BrNO3. The molecule has 0 saturated carbocycles. The summed E-state index contributed by atoms with van der Waals surface area (Å²) < 4.78 is 6.41. The van der Waals surface area contributed by atoms with Gasteiger partial charge >= 0.3 is 5.97 Å². The average molecular weight is 330 g/mol. The van der Waals surface area contributed by atoms with Crippen molar-refractivity contribution >= 4 is 27.6 Å². The van der Waals surface area contributed by atoms with Gasteiger partial charge in [0, 0.05) is 4.47 Å². The maximum absolute atomic E-state index is 11.3. The molecule has 0 bridgehead atoms. The van der Waals surface area contributed by atoms with Crippen LogP contribution in [0.4, 0.5) is 5.69 Å². The second kappa shape index (κ2) is 5.41. The molecular weight excluding hydrogens is 310 g/mol. The standard InChI is InChI=1S/C14H20BrNO3/c1-7-8(2)12(19-6)11(9(3)10(7)15)16-14(4,5)13(17)18/h16H,1-6H3,(H,17,18). The molecule has 0 saturated heterocycles. The van der Waals surface area contributed by atoms with Crippen molar-refractivity contribution in [1.29, 1.82) is 0 Å². The molecule has 0 heterocycles. The van der Waals surface area contributed by atoms with Crippen LogP contribution in [0.15, 0.2) is 4.47 Å². The van der Waals surface area contributed by atoms with Crippen molar-refractivity contribution in [1.82, 2.24) is 0 Å². The summed E-state index contributed by atoms with van der Waals surface area (Å²) >= 11 is 3.55. The van der Waals surface area contributed by atoms with E-state index in [1.54, 1.807) is 21.0 Å². The zero-order valence-corrected chi connectivity index (χ0v) is 13.7. The highest BCUT2D eigenvalue weighted by Crippen LogP contribution is 2.40. The van der Waals surface area contributed by atoms with Gasteiger partial charge < -0.3 is 15.2 Å². The Hall–Kier alpha value is -1.23. The number of carboxylic acid groups (broad SMARTS) is 1. The van der Waals surface area contributed by atoms with E-state index in [-0.39, 0.29) is 0 Å². The Labute approximate surface area is 122 Å². The second-order valence-corrected chi connectivity index (χ2v) is 5.95. The monoisotopic (exact) mass is 329 g/mol. The van der Waals surface area contributed by atoms with Crippen LogP contribution >= 0.6 is 15.9 Å². The highest BCUT2D eigenvalue weighted by atomic mass is 79.9. The maximum atomic E-state index is 11.3. The van der Waals surface area contributed by atoms with Crippen LogP contribution in [0.2, 0.25) is 0 Å². The molecule has 2 N–H and O–H groups in total. The summed E-state index contributed by atoms with van der Waals surface area (Å²) in [5.74, 6) is -0.226. The molecule has 5 heteroatoms. The van der Waals surface area contributed by atoms with Gasteiger partial charge in [0.2, 0.25) is 0 Å². The van der Waals surface area contributed by atoms with Crippen LogP contribution in [-0.4, -0.2) is 23.7 Å². The zero-order valence-electron chi connectivity index (χ0n) is 12.1. The highest BCUT2D eigenvalue weighted by Gasteiger charge is 2.29. The lowest BCUT2D eigenvalue weighted by Crippen LogP contribution is -2.40. The molecule has 1 aromatic carbocycles. The number of halogens is 1. The molecule has 0 amide bonds. The summed E-state index contributed by atoms with van der Waals surface area (Å²) in [4.78, 5) is 11.3. The van der Waals surface area contributed by atoms with Crippen molar-refractivity contribution in [3.05, 3.63) is 21.2 Å². The fourth-order valence-corrected chi connectivity index (χ4v) is 2.35. The normalized spacial score (nSPS) is 11.3. The molecule has 0 atom stereocenters. The van der Waals surface area contributed by atoms with E-state index in [9.17, 15) is 9.90 Å².